The molecule has 0 radical (unpaired) electrons. The Balaban J connectivity index is 1.51. The Morgan fingerprint density at radius 2 is 2.02 bits per heavy atom. The topological polar surface area (TPSA) is 196 Å². The van der Waals surface area contributed by atoms with Gasteiger partial charge in [-0.05, 0) is 66.6 Å². The van der Waals surface area contributed by atoms with Gasteiger partial charge in [0, 0.05) is 59.3 Å². The quantitative estimate of drug-likeness (QED) is 0.0581. The van der Waals surface area contributed by atoms with Crippen LogP contribution in [0.25, 0.3) is 17.3 Å². The van der Waals surface area contributed by atoms with E-state index in [1.165, 1.54) is 24.5 Å². The van der Waals surface area contributed by atoms with E-state index in [1.54, 1.807) is 54.7 Å². The molecule has 48 heavy (non-hydrogen) atoms. The molecule has 248 valence electrons. The van der Waals surface area contributed by atoms with Crippen molar-refractivity contribution in [3.8, 4) is 11.3 Å². The van der Waals surface area contributed by atoms with Gasteiger partial charge < -0.3 is 31.1 Å². The molecule has 0 aliphatic carbocycles. The largest absolute Gasteiger partial charge is 0.453 e. The number of imidazole rings is 1. The van der Waals surface area contributed by atoms with E-state index in [9.17, 15) is 14.4 Å². The number of nitrogens with two attached hydrogens (primary N) is 2. The van der Waals surface area contributed by atoms with Crippen LogP contribution in [0.1, 0.15) is 33.4 Å². The molecule has 3 amide bonds. The summed E-state index contributed by atoms with van der Waals surface area (Å²) in [5.41, 5.74) is 5.15. The van der Waals surface area contributed by atoms with Crippen molar-refractivity contribution in [1.29, 1.82) is 0 Å². The molecule has 14 nitrogen and oxygen atoms in total. The number of carbonyl (C=O) groups excluding carboxylic acids is 3. The van der Waals surface area contributed by atoms with Crippen molar-refractivity contribution in [3.63, 3.8) is 0 Å². The monoisotopic (exact) mass is 670 g/mol. The van der Waals surface area contributed by atoms with Crippen LogP contribution in [0.15, 0.2) is 78.0 Å². The van der Waals surface area contributed by atoms with Crippen molar-refractivity contribution < 1.29 is 19.1 Å². The average Bonchev–Trinajstić information content (AvgIpc) is 3.57. The number of hydrazine groups is 1. The van der Waals surface area contributed by atoms with Crippen LogP contribution in [0, 0.1) is 0 Å². The third kappa shape index (κ3) is 8.10. The van der Waals surface area contributed by atoms with E-state index >= 15 is 0 Å². The van der Waals surface area contributed by atoms with Gasteiger partial charge in [0.1, 0.15) is 12.2 Å². The third-order valence-corrected chi connectivity index (χ3v) is 7.84. The minimum Gasteiger partial charge on any atom is -0.453 e. The molecule has 0 saturated heterocycles. The van der Waals surface area contributed by atoms with E-state index < -0.39 is 18.0 Å². The Bertz CT molecular complexity index is 1870. The molecule has 0 fully saturated rings. The van der Waals surface area contributed by atoms with Crippen LogP contribution in [-0.4, -0.2) is 61.5 Å². The molecule has 1 aliphatic heterocycles. The van der Waals surface area contributed by atoms with E-state index in [4.69, 9.17) is 28.0 Å². The maximum Gasteiger partial charge on any atom is 0.411 e. The maximum atomic E-state index is 13.4. The molecule has 4 aromatic rings. The fourth-order valence-corrected chi connectivity index (χ4v) is 5.42. The average molecular weight is 671 g/mol. The molecular formula is C33H35ClN10O4. The van der Waals surface area contributed by atoms with Crippen LogP contribution in [-0.2, 0) is 16.0 Å². The van der Waals surface area contributed by atoms with Crippen LogP contribution in [0.4, 0.5) is 21.9 Å². The number of likely N-dealkylation sites (N-methyl/N-ethyl adjacent to an activating group) is 1. The van der Waals surface area contributed by atoms with E-state index in [2.05, 4.69) is 31.0 Å². The first-order chi connectivity index (χ1) is 23.1. The number of halogens is 1. The lowest BCUT2D eigenvalue weighted by Crippen LogP contribution is -2.33. The normalized spacial score (nSPS) is 14.9. The number of benzene rings is 3. The zero-order valence-corrected chi connectivity index (χ0v) is 27.0. The van der Waals surface area contributed by atoms with Crippen molar-refractivity contribution in [1.82, 2.24) is 20.6 Å². The van der Waals surface area contributed by atoms with Crippen LogP contribution in [0.5, 0.6) is 0 Å². The second kappa shape index (κ2) is 15.2. The number of hydrogen-bond donors (Lipinski definition) is 6. The van der Waals surface area contributed by atoms with Crippen molar-refractivity contribution in [2.45, 2.75) is 12.5 Å². The first kappa shape index (κ1) is 33.5. The van der Waals surface area contributed by atoms with Gasteiger partial charge in [-0.1, -0.05) is 23.7 Å². The Labute approximate surface area is 281 Å². The number of methoxy groups -OCH3 is 1. The Morgan fingerprint density at radius 3 is 2.81 bits per heavy atom. The highest BCUT2D eigenvalue weighted by atomic mass is 35.5. The second-order valence-electron chi connectivity index (χ2n) is 10.9. The molecule has 8 N–H and O–H groups in total. The van der Waals surface area contributed by atoms with E-state index in [-0.39, 0.29) is 5.91 Å². The van der Waals surface area contributed by atoms with Crippen LogP contribution in [0.3, 0.4) is 0 Å². The van der Waals surface area contributed by atoms with E-state index in [0.717, 1.165) is 16.8 Å². The molecule has 15 heteroatoms. The number of aromatic amines is 1. The molecule has 1 unspecified atom stereocenters. The molecule has 1 aromatic heterocycles. The predicted octanol–water partition coefficient (Wildman–Crippen LogP) is 3.78. The van der Waals surface area contributed by atoms with E-state index in [1.807, 2.05) is 30.1 Å². The zero-order chi connectivity index (χ0) is 34.2. The minimum absolute atomic E-state index is 0.226. The molecule has 1 aliphatic rings. The summed E-state index contributed by atoms with van der Waals surface area (Å²) in [5.74, 6) is 11.1. The lowest BCUT2D eigenvalue weighted by molar-refractivity contribution is -0.117. The third-order valence-electron chi connectivity index (χ3n) is 7.61. The van der Waals surface area contributed by atoms with Crippen molar-refractivity contribution >= 4 is 59.0 Å². The van der Waals surface area contributed by atoms with Gasteiger partial charge >= 0.3 is 6.09 Å². The summed E-state index contributed by atoms with van der Waals surface area (Å²) in [7, 11) is 3.18. The predicted molar refractivity (Wildman–Crippen MR) is 187 cm³/mol. The van der Waals surface area contributed by atoms with Gasteiger partial charge in [0.25, 0.3) is 5.91 Å². The number of rotatable bonds is 6. The van der Waals surface area contributed by atoms with E-state index in [0.29, 0.717) is 58.6 Å². The summed E-state index contributed by atoms with van der Waals surface area (Å²) >= 11 is 6.22. The number of amides is 3. The highest BCUT2D eigenvalue weighted by Crippen LogP contribution is 2.33. The lowest BCUT2D eigenvalue weighted by Gasteiger charge is -2.23. The van der Waals surface area contributed by atoms with Crippen LogP contribution in [0.2, 0.25) is 5.02 Å². The SMILES string of the molecule is COC(=O)Nc1ccc2c(c1)N(C)CCNC(=O)c1cccc(c1)CC(NC(=O)/C=C/c1cc(Cl)ccc1N(N)/C=N\N)c1ncc-2[nH]1. The standard InChI is InChI=1S/C33H35ClN10O4/c1-43-13-12-37-32(46)22-5-3-4-20(14-22)15-26(41-30(45)11-6-21-16-23(34)7-10-28(21)44(36)19-39-35)31-38-18-27(42-31)25-9-8-24(17-29(25)43)40-33(47)48-2/h3-11,14,16-19,26H,12-13,15,35-36H2,1-2H3,(H,37,46)(H,38,42)(H,40,47)(H,41,45)/b11-6+,39-19-. The number of hydrogen-bond acceptors (Lipinski definition) is 9. The molecule has 0 saturated carbocycles. The number of anilines is 3. The van der Waals surface area contributed by atoms with Gasteiger partial charge in [0.2, 0.25) is 5.91 Å². The number of H-pyrrole nitrogens is 1. The number of fused-ring (bicyclic) bond motifs is 6. The number of nitrogens with one attached hydrogen (secondary N) is 4. The summed E-state index contributed by atoms with van der Waals surface area (Å²) < 4.78 is 4.76. The molecule has 4 bridgehead atoms. The molecule has 0 spiro atoms. The minimum atomic E-state index is -0.616. The van der Waals surface area contributed by atoms with Gasteiger partial charge in [0.05, 0.1) is 30.7 Å². The van der Waals surface area contributed by atoms with Crippen LogP contribution >= 0.6 is 11.6 Å². The number of nitrogens with zero attached hydrogens (tertiary/aromatic N) is 4. The summed E-state index contributed by atoms with van der Waals surface area (Å²) in [6, 6.07) is 17.0. The van der Waals surface area contributed by atoms with Gasteiger partial charge in [-0.2, -0.15) is 5.10 Å². The van der Waals surface area contributed by atoms with Gasteiger partial charge in [0.15, 0.2) is 0 Å². The molecular weight excluding hydrogens is 636 g/mol. The lowest BCUT2D eigenvalue weighted by atomic mass is 10.0. The van der Waals surface area contributed by atoms with Gasteiger partial charge in [-0.3, -0.25) is 19.9 Å². The molecule has 5 rings (SSSR count). The molecule has 1 atom stereocenters. The van der Waals surface area contributed by atoms with Gasteiger partial charge in [-0.25, -0.2) is 15.6 Å². The van der Waals surface area contributed by atoms with Crippen LogP contribution < -0.4 is 37.5 Å². The zero-order valence-electron chi connectivity index (χ0n) is 26.2. The van der Waals surface area contributed by atoms with Gasteiger partial charge in [-0.15, -0.1) is 0 Å². The molecule has 2 heterocycles. The highest BCUT2D eigenvalue weighted by molar-refractivity contribution is 6.30. The van der Waals surface area contributed by atoms with Crippen molar-refractivity contribution in [3.05, 3.63) is 100 Å². The maximum absolute atomic E-state index is 13.4. The Morgan fingerprint density at radius 1 is 1.19 bits per heavy atom. The van der Waals surface area contributed by atoms with Crippen molar-refractivity contribution in [2.75, 3.05) is 42.5 Å². The summed E-state index contributed by atoms with van der Waals surface area (Å²) in [4.78, 5) is 48.4. The number of ether oxygens (including phenoxy) is 1. The highest BCUT2D eigenvalue weighted by Gasteiger charge is 2.22. The first-order valence-corrected chi connectivity index (χ1v) is 15.2. The fraction of sp³-hybridized carbons (Fsp3) is 0.182. The smallest absolute Gasteiger partial charge is 0.411 e. The summed E-state index contributed by atoms with van der Waals surface area (Å²) in [5, 5.41) is 13.8. The summed E-state index contributed by atoms with van der Waals surface area (Å²) in [6.45, 7) is 0.837. The first-order valence-electron chi connectivity index (χ1n) is 14.8. The summed E-state index contributed by atoms with van der Waals surface area (Å²) in [6.07, 6.45) is 5.60. The fourth-order valence-electron chi connectivity index (χ4n) is 5.24. The molecule has 3 aromatic carbocycles. The second-order valence-corrected chi connectivity index (χ2v) is 11.3. The number of aromatic nitrogens is 2. The number of hydrazone groups is 1. The number of carbonyl (C=O) groups is 3. The Kier molecular flexibility index (Phi) is 10.6. The van der Waals surface area contributed by atoms with Crippen molar-refractivity contribution in [2.24, 2.45) is 16.8 Å². The Hall–Kier alpha value is -5.86.